The zero-order chi connectivity index (χ0) is 19.2. The summed E-state index contributed by atoms with van der Waals surface area (Å²) in [4.78, 5) is 22.2. The molecule has 1 aliphatic carbocycles. The predicted molar refractivity (Wildman–Crippen MR) is 107 cm³/mol. The fraction of sp³-hybridized carbons (Fsp3) is 0.350. The lowest BCUT2D eigenvalue weighted by molar-refractivity contribution is 0.210. The highest BCUT2D eigenvalue weighted by Crippen LogP contribution is 2.35. The average molecular weight is 377 g/mol. The zero-order valence-corrected chi connectivity index (χ0v) is 15.8. The van der Waals surface area contributed by atoms with Crippen molar-refractivity contribution in [1.82, 2.24) is 24.9 Å². The van der Waals surface area contributed by atoms with Crippen molar-refractivity contribution in [3.8, 4) is 11.3 Å². The Bertz CT molecular complexity index is 915. The molecule has 0 atom stereocenters. The van der Waals surface area contributed by atoms with Crippen molar-refractivity contribution in [2.45, 2.75) is 19.3 Å². The van der Waals surface area contributed by atoms with Crippen molar-refractivity contribution >= 4 is 17.6 Å². The fourth-order valence-corrected chi connectivity index (χ4v) is 2.87. The Hall–Kier alpha value is -3.13. The molecule has 0 unspecified atom stereocenters. The molecule has 0 radical (unpaired) electrons. The molecule has 1 saturated carbocycles. The van der Waals surface area contributed by atoms with Gasteiger partial charge in [-0.15, -0.1) is 0 Å². The molecular formula is C20H23N7O. The minimum atomic E-state index is 0.531. The maximum absolute atomic E-state index is 5.08. The third kappa shape index (κ3) is 4.77. The minimum Gasteiger partial charge on any atom is -0.383 e. The summed E-state index contributed by atoms with van der Waals surface area (Å²) in [6, 6.07) is 5.64. The monoisotopic (exact) mass is 377 g/mol. The van der Waals surface area contributed by atoms with E-state index in [1.807, 2.05) is 24.4 Å². The zero-order valence-electron chi connectivity index (χ0n) is 15.8. The lowest BCUT2D eigenvalue weighted by Gasteiger charge is -2.12. The molecule has 8 heteroatoms. The van der Waals surface area contributed by atoms with E-state index in [4.69, 9.17) is 9.72 Å². The highest BCUT2D eigenvalue weighted by Gasteiger charge is 2.24. The van der Waals surface area contributed by atoms with Crippen LogP contribution in [0.15, 0.2) is 43.0 Å². The molecule has 0 bridgehead atoms. The Labute approximate surface area is 163 Å². The molecular weight excluding hydrogens is 354 g/mol. The molecule has 0 aliphatic heterocycles. The number of hydrogen-bond acceptors (Lipinski definition) is 8. The van der Waals surface area contributed by atoms with Crippen LogP contribution in [0, 0.1) is 5.92 Å². The van der Waals surface area contributed by atoms with Gasteiger partial charge in [-0.2, -0.15) is 0 Å². The van der Waals surface area contributed by atoms with Gasteiger partial charge in [-0.3, -0.25) is 4.98 Å². The highest BCUT2D eigenvalue weighted by molar-refractivity contribution is 5.64. The number of nitrogens with zero attached hydrogens (tertiary/aromatic N) is 5. The Morgan fingerprint density at radius 2 is 1.89 bits per heavy atom. The number of anilines is 3. The van der Waals surface area contributed by atoms with Gasteiger partial charge in [0.25, 0.3) is 0 Å². The molecule has 0 spiro atoms. The first-order valence-corrected chi connectivity index (χ1v) is 9.41. The number of methoxy groups -OCH3 is 1. The van der Waals surface area contributed by atoms with Crippen LogP contribution in [0.5, 0.6) is 0 Å². The van der Waals surface area contributed by atoms with Crippen LogP contribution in [0.4, 0.5) is 17.6 Å². The second-order valence-corrected chi connectivity index (χ2v) is 6.75. The average Bonchev–Trinajstić information content (AvgIpc) is 3.53. The summed E-state index contributed by atoms with van der Waals surface area (Å²) in [5.41, 5.74) is 3.67. The summed E-state index contributed by atoms with van der Waals surface area (Å²) in [5.74, 6) is 1.86. The van der Waals surface area contributed by atoms with E-state index in [2.05, 4.69) is 30.6 Å². The number of hydrogen-bond donors (Lipinski definition) is 2. The lowest BCUT2D eigenvalue weighted by Crippen LogP contribution is -2.12. The summed E-state index contributed by atoms with van der Waals surface area (Å²) in [6.07, 6.45) is 10.5. The minimum absolute atomic E-state index is 0.531. The molecule has 1 aliphatic rings. The molecule has 1 fully saturated rings. The Morgan fingerprint density at radius 3 is 2.68 bits per heavy atom. The Morgan fingerprint density at radius 1 is 1.04 bits per heavy atom. The standard InChI is InChI=1S/C20H23N7O/c1-28-11-10-23-19-24-13-16(18(27-19)12-14-2-3-14)17-6-9-22-20(26-17)25-15-4-7-21-8-5-15/h4-9,13-14H,2-3,10-12H2,1H3,(H,23,24,27)(H,21,22,25,26). The smallest absolute Gasteiger partial charge is 0.227 e. The number of nitrogens with one attached hydrogen (secondary N) is 2. The maximum atomic E-state index is 5.08. The van der Waals surface area contributed by atoms with Crippen LogP contribution in [0.1, 0.15) is 18.5 Å². The van der Waals surface area contributed by atoms with E-state index < -0.39 is 0 Å². The molecule has 4 rings (SSSR count). The fourth-order valence-electron chi connectivity index (χ4n) is 2.87. The van der Waals surface area contributed by atoms with Gasteiger partial charge >= 0.3 is 0 Å². The molecule has 144 valence electrons. The van der Waals surface area contributed by atoms with Crippen molar-refractivity contribution in [3.05, 3.63) is 48.7 Å². The van der Waals surface area contributed by atoms with Gasteiger partial charge < -0.3 is 15.4 Å². The SMILES string of the molecule is COCCNc1ncc(-c2ccnc(Nc3ccncc3)n2)c(CC2CC2)n1. The van der Waals surface area contributed by atoms with Crippen LogP contribution in [0.3, 0.4) is 0 Å². The summed E-state index contributed by atoms with van der Waals surface area (Å²) in [7, 11) is 1.68. The van der Waals surface area contributed by atoms with Crippen LogP contribution in [-0.2, 0) is 11.2 Å². The summed E-state index contributed by atoms with van der Waals surface area (Å²) in [6.45, 7) is 1.28. The Balaban J connectivity index is 1.59. The largest absolute Gasteiger partial charge is 0.383 e. The molecule has 8 nitrogen and oxygen atoms in total. The van der Waals surface area contributed by atoms with E-state index in [0.29, 0.717) is 31.0 Å². The number of pyridine rings is 1. The molecule has 0 aromatic carbocycles. The topological polar surface area (TPSA) is 97.7 Å². The van der Waals surface area contributed by atoms with E-state index in [9.17, 15) is 0 Å². The van der Waals surface area contributed by atoms with Gasteiger partial charge in [0.15, 0.2) is 0 Å². The van der Waals surface area contributed by atoms with E-state index in [1.54, 1.807) is 25.7 Å². The maximum Gasteiger partial charge on any atom is 0.227 e. The van der Waals surface area contributed by atoms with Gasteiger partial charge in [-0.05, 0) is 43.4 Å². The lowest BCUT2D eigenvalue weighted by atomic mass is 10.1. The molecule has 0 saturated heterocycles. The predicted octanol–water partition coefficient (Wildman–Crippen LogP) is 3.08. The van der Waals surface area contributed by atoms with E-state index in [-0.39, 0.29) is 0 Å². The first kappa shape index (κ1) is 18.2. The normalized spacial score (nSPS) is 13.3. The molecule has 3 aromatic rings. The van der Waals surface area contributed by atoms with Gasteiger partial charge in [0.1, 0.15) is 0 Å². The van der Waals surface area contributed by atoms with Crippen LogP contribution in [-0.4, -0.2) is 45.2 Å². The quantitative estimate of drug-likeness (QED) is 0.549. The third-order valence-corrected chi connectivity index (χ3v) is 4.50. The highest BCUT2D eigenvalue weighted by atomic mass is 16.5. The van der Waals surface area contributed by atoms with Crippen LogP contribution < -0.4 is 10.6 Å². The van der Waals surface area contributed by atoms with E-state index in [0.717, 1.165) is 29.1 Å². The van der Waals surface area contributed by atoms with Crippen molar-refractivity contribution in [3.63, 3.8) is 0 Å². The van der Waals surface area contributed by atoms with Gasteiger partial charge in [-0.1, -0.05) is 0 Å². The van der Waals surface area contributed by atoms with Crippen molar-refractivity contribution in [2.24, 2.45) is 5.92 Å². The summed E-state index contributed by atoms with van der Waals surface area (Å²) in [5, 5.41) is 6.41. The van der Waals surface area contributed by atoms with E-state index in [1.165, 1.54) is 12.8 Å². The number of rotatable bonds is 9. The number of aromatic nitrogens is 5. The second kappa shape index (κ2) is 8.71. The molecule has 2 N–H and O–H groups in total. The Kier molecular flexibility index (Phi) is 5.67. The van der Waals surface area contributed by atoms with Crippen LogP contribution >= 0.6 is 0 Å². The van der Waals surface area contributed by atoms with Gasteiger partial charge in [0, 0.05) is 49.7 Å². The van der Waals surface area contributed by atoms with Crippen molar-refractivity contribution in [2.75, 3.05) is 30.9 Å². The van der Waals surface area contributed by atoms with Crippen molar-refractivity contribution < 1.29 is 4.74 Å². The molecule has 0 amide bonds. The van der Waals surface area contributed by atoms with Crippen molar-refractivity contribution in [1.29, 1.82) is 0 Å². The second-order valence-electron chi connectivity index (χ2n) is 6.75. The van der Waals surface area contributed by atoms with Crippen LogP contribution in [0.2, 0.25) is 0 Å². The first-order valence-electron chi connectivity index (χ1n) is 9.41. The number of ether oxygens (including phenoxy) is 1. The van der Waals surface area contributed by atoms with Gasteiger partial charge in [0.2, 0.25) is 11.9 Å². The van der Waals surface area contributed by atoms with Gasteiger partial charge in [0.05, 0.1) is 18.0 Å². The first-order chi connectivity index (χ1) is 13.8. The molecule has 28 heavy (non-hydrogen) atoms. The molecule has 3 aromatic heterocycles. The van der Waals surface area contributed by atoms with Gasteiger partial charge in [-0.25, -0.2) is 19.9 Å². The van der Waals surface area contributed by atoms with E-state index >= 15 is 0 Å². The third-order valence-electron chi connectivity index (χ3n) is 4.50. The summed E-state index contributed by atoms with van der Waals surface area (Å²) >= 11 is 0. The summed E-state index contributed by atoms with van der Waals surface area (Å²) < 4.78 is 5.08. The van der Waals surface area contributed by atoms with Crippen LogP contribution in [0.25, 0.3) is 11.3 Å². The molecule has 3 heterocycles.